The number of benzene rings is 2. The molecule has 2 aliphatic rings. The van der Waals surface area contributed by atoms with E-state index in [2.05, 4.69) is 12.1 Å². The molecule has 0 atom stereocenters. The van der Waals surface area contributed by atoms with Crippen LogP contribution in [0.25, 0.3) is 22.4 Å². The van der Waals surface area contributed by atoms with Gasteiger partial charge < -0.3 is 15.4 Å². The van der Waals surface area contributed by atoms with E-state index in [1.165, 1.54) is 4.90 Å². The Morgan fingerprint density at radius 1 is 1.09 bits per heavy atom. The first-order chi connectivity index (χ1) is 15.5. The van der Waals surface area contributed by atoms with Gasteiger partial charge in [-0.1, -0.05) is 54.1 Å². The summed E-state index contributed by atoms with van der Waals surface area (Å²) in [6.07, 6.45) is 3.17. The monoisotopic (exact) mass is 431 g/mol. The Kier molecular flexibility index (Phi) is 5.18. The summed E-state index contributed by atoms with van der Waals surface area (Å²) in [6, 6.07) is 18.3. The third-order valence-corrected chi connectivity index (χ3v) is 6.54. The van der Waals surface area contributed by atoms with Crippen molar-refractivity contribution in [2.24, 2.45) is 5.73 Å². The maximum Gasteiger partial charge on any atom is 0.265 e. The first-order valence-corrected chi connectivity index (χ1v) is 11.0. The summed E-state index contributed by atoms with van der Waals surface area (Å²) < 4.78 is 18.8. The number of rotatable bonds is 5. The number of nitrogens with two attached hydrogens (primary N) is 1. The highest BCUT2D eigenvalue weighted by Gasteiger charge is 2.34. The van der Waals surface area contributed by atoms with Crippen LogP contribution in [0.2, 0.25) is 0 Å². The first kappa shape index (κ1) is 20.6. The molecule has 1 saturated carbocycles. The molecule has 0 bridgehead atoms. The highest BCUT2D eigenvalue weighted by Crippen LogP contribution is 2.42. The molecule has 5 rings (SSSR count). The van der Waals surface area contributed by atoms with E-state index in [-0.39, 0.29) is 24.6 Å². The highest BCUT2D eigenvalue weighted by atomic mass is 19.1. The van der Waals surface area contributed by atoms with Crippen molar-refractivity contribution in [2.75, 3.05) is 24.7 Å². The summed E-state index contributed by atoms with van der Waals surface area (Å²) in [5, 5.41) is 0. The van der Waals surface area contributed by atoms with Crippen molar-refractivity contribution >= 4 is 11.6 Å². The zero-order chi connectivity index (χ0) is 22.3. The van der Waals surface area contributed by atoms with Crippen LogP contribution in [0.15, 0.2) is 54.6 Å². The van der Waals surface area contributed by atoms with Crippen molar-refractivity contribution in [2.45, 2.75) is 31.7 Å². The molecule has 2 N–H and O–H groups in total. The number of aromatic nitrogens is 1. The normalized spacial score (nSPS) is 16.8. The van der Waals surface area contributed by atoms with Gasteiger partial charge in [-0.2, -0.15) is 0 Å². The van der Waals surface area contributed by atoms with Crippen LogP contribution in [0.4, 0.5) is 10.1 Å². The second-order valence-corrected chi connectivity index (χ2v) is 8.68. The summed E-state index contributed by atoms with van der Waals surface area (Å²) in [7, 11) is 0. The van der Waals surface area contributed by atoms with Crippen molar-refractivity contribution in [3.63, 3.8) is 0 Å². The summed E-state index contributed by atoms with van der Waals surface area (Å²) in [6.45, 7) is 1.25. The van der Waals surface area contributed by atoms with E-state index in [1.54, 1.807) is 0 Å². The molecule has 0 radical (unpaired) electrons. The molecule has 3 aromatic rings. The van der Waals surface area contributed by atoms with Crippen LogP contribution in [-0.4, -0.2) is 30.7 Å². The number of nitrogens with zero attached hydrogens (tertiary/aromatic N) is 2. The van der Waals surface area contributed by atoms with E-state index in [0.717, 1.165) is 52.8 Å². The first-order valence-electron chi connectivity index (χ1n) is 11.0. The molecule has 2 heterocycles. The molecule has 0 unspecified atom stereocenters. The van der Waals surface area contributed by atoms with E-state index >= 15 is 0 Å². The molecule has 0 spiro atoms. The number of hydrogen-bond donors (Lipinski definition) is 1. The Balaban J connectivity index is 1.64. The lowest BCUT2D eigenvalue weighted by Crippen LogP contribution is -2.43. The molecule has 6 heteroatoms. The number of aryl methyl sites for hydroxylation is 1. The predicted octanol–water partition coefficient (Wildman–Crippen LogP) is 4.76. The fraction of sp³-hybridized carbons (Fsp3) is 0.308. The molecule has 1 amide bonds. The number of carbonyl (C=O) groups is 1. The fourth-order valence-corrected chi connectivity index (χ4v) is 4.44. The summed E-state index contributed by atoms with van der Waals surface area (Å²) in [4.78, 5) is 18.6. The molecule has 1 aromatic heterocycles. The Bertz CT molecular complexity index is 1150. The van der Waals surface area contributed by atoms with Gasteiger partial charge in [0.25, 0.3) is 5.91 Å². The van der Waals surface area contributed by atoms with Crippen LogP contribution in [0.3, 0.4) is 0 Å². The smallest absolute Gasteiger partial charge is 0.265 e. The van der Waals surface area contributed by atoms with Crippen molar-refractivity contribution in [3.8, 4) is 28.3 Å². The van der Waals surface area contributed by atoms with E-state index in [4.69, 9.17) is 15.5 Å². The number of ether oxygens (including phenoxy) is 1. The summed E-state index contributed by atoms with van der Waals surface area (Å²) in [5.74, 6) is 0.0833. The maximum absolute atomic E-state index is 13.2. The highest BCUT2D eigenvalue weighted by molar-refractivity contribution is 5.99. The molecule has 2 aromatic carbocycles. The molecule has 0 saturated heterocycles. The number of fused-ring (bicyclic) bond motifs is 1. The Morgan fingerprint density at radius 2 is 1.78 bits per heavy atom. The Labute approximate surface area is 187 Å². The quantitative estimate of drug-likeness (QED) is 0.633. The van der Waals surface area contributed by atoms with Gasteiger partial charge >= 0.3 is 0 Å². The van der Waals surface area contributed by atoms with Crippen LogP contribution in [0.1, 0.15) is 30.4 Å². The average molecular weight is 432 g/mol. The molecule has 5 nitrogen and oxygen atoms in total. The van der Waals surface area contributed by atoms with Crippen molar-refractivity contribution in [1.29, 1.82) is 0 Å². The van der Waals surface area contributed by atoms with E-state index in [1.807, 2.05) is 49.4 Å². The molecule has 164 valence electrons. The van der Waals surface area contributed by atoms with Gasteiger partial charge in [0, 0.05) is 16.7 Å². The SMILES string of the molecule is Cc1ccc(-c2cc3c(nc2-c2ccc(C4(N)CCC4)cc2)OCC(=O)N3CCF)cc1. The maximum atomic E-state index is 13.2. The van der Waals surface area contributed by atoms with Gasteiger partial charge in [-0.05, 0) is 43.4 Å². The van der Waals surface area contributed by atoms with Crippen LogP contribution in [0, 0.1) is 6.92 Å². The lowest BCUT2D eigenvalue weighted by atomic mass is 9.72. The predicted molar refractivity (Wildman–Crippen MR) is 123 cm³/mol. The lowest BCUT2D eigenvalue weighted by molar-refractivity contribution is -0.121. The van der Waals surface area contributed by atoms with Crippen molar-refractivity contribution < 1.29 is 13.9 Å². The van der Waals surface area contributed by atoms with E-state index < -0.39 is 6.67 Å². The summed E-state index contributed by atoms with van der Waals surface area (Å²) >= 11 is 0. The standard InChI is InChI=1S/C26H26FN3O2/c1-17-3-5-18(6-4-17)21-15-22-25(32-16-23(31)30(22)14-13-27)29-24(21)19-7-9-20(10-8-19)26(28)11-2-12-26/h3-10,15H,2,11-14,16,28H2,1H3. The topological polar surface area (TPSA) is 68.5 Å². The van der Waals surface area contributed by atoms with Gasteiger partial charge in [-0.25, -0.2) is 9.37 Å². The molecule has 32 heavy (non-hydrogen) atoms. The van der Waals surface area contributed by atoms with Crippen LogP contribution in [0.5, 0.6) is 5.88 Å². The lowest BCUT2D eigenvalue weighted by Gasteiger charge is -2.38. The van der Waals surface area contributed by atoms with Gasteiger partial charge in [-0.15, -0.1) is 0 Å². The van der Waals surface area contributed by atoms with Crippen molar-refractivity contribution in [3.05, 3.63) is 65.7 Å². The van der Waals surface area contributed by atoms with Crippen LogP contribution in [-0.2, 0) is 10.3 Å². The number of alkyl halides is 1. The zero-order valence-electron chi connectivity index (χ0n) is 18.1. The van der Waals surface area contributed by atoms with Gasteiger partial charge in [0.05, 0.1) is 12.2 Å². The number of carbonyl (C=O) groups excluding carboxylic acids is 1. The molecular formula is C26H26FN3O2. The van der Waals surface area contributed by atoms with Gasteiger partial charge in [-0.3, -0.25) is 4.79 Å². The van der Waals surface area contributed by atoms with E-state index in [0.29, 0.717) is 11.6 Å². The molecule has 1 aliphatic heterocycles. The third-order valence-electron chi connectivity index (χ3n) is 6.54. The van der Waals surface area contributed by atoms with Gasteiger partial charge in [0.15, 0.2) is 6.61 Å². The number of amides is 1. The molecular weight excluding hydrogens is 405 g/mol. The van der Waals surface area contributed by atoms with Crippen LogP contribution >= 0.6 is 0 Å². The minimum absolute atomic E-state index is 0.0170. The van der Waals surface area contributed by atoms with Crippen molar-refractivity contribution in [1.82, 2.24) is 4.98 Å². The third kappa shape index (κ3) is 3.54. The second kappa shape index (κ2) is 8.02. The van der Waals surface area contributed by atoms with E-state index in [9.17, 15) is 9.18 Å². The second-order valence-electron chi connectivity index (χ2n) is 8.68. The number of anilines is 1. The number of halogens is 1. The zero-order valence-corrected chi connectivity index (χ0v) is 18.1. The Morgan fingerprint density at radius 3 is 2.41 bits per heavy atom. The number of hydrogen-bond acceptors (Lipinski definition) is 4. The fourth-order valence-electron chi connectivity index (χ4n) is 4.44. The minimum atomic E-state index is -0.630. The van der Waals surface area contributed by atoms with Crippen LogP contribution < -0.4 is 15.4 Å². The van der Waals surface area contributed by atoms with Gasteiger partial charge in [0.2, 0.25) is 5.88 Å². The average Bonchev–Trinajstić information content (AvgIpc) is 2.79. The number of pyridine rings is 1. The minimum Gasteiger partial charge on any atom is -0.466 e. The Hall–Kier alpha value is -3.25. The molecule has 1 fully saturated rings. The largest absolute Gasteiger partial charge is 0.466 e. The summed E-state index contributed by atoms with van der Waals surface area (Å²) in [5.41, 5.74) is 12.6. The molecule has 1 aliphatic carbocycles. The van der Waals surface area contributed by atoms with Gasteiger partial charge in [0.1, 0.15) is 12.4 Å².